The van der Waals surface area contributed by atoms with Gasteiger partial charge in [0.2, 0.25) is 11.8 Å². The van der Waals surface area contributed by atoms with E-state index in [0.29, 0.717) is 38.9 Å². The first-order chi connectivity index (χ1) is 17.5. The zero-order valence-electron chi connectivity index (χ0n) is 22.1. The van der Waals surface area contributed by atoms with Gasteiger partial charge in [-0.2, -0.15) is 0 Å². The molecule has 11 heteroatoms. The second-order valence-electron chi connectivity index (χ2n) is 10.1. The van der Waals surface area contributed by atoms with Crippen molar-refractivity contribution in [3.8, 4) is 0 Å². The zero-order valence-corrected chi connectivity index (χ0v) is 22.1. The minimum Gasteiger partial charge on any atom is -0.445 e. The maximum atomic E-state index is 12.7. The first kappa shape index (κ1) is 29.9. The Morgan fingerprint density at radius 2 is 1.84 bits per heavy atom. The van der Waals surface area contributed by atoms with E-state index in [1.807, 2.05) is 51.1 Å². The molecule has 1 saturated heterocycles. The van der Waals surface area contributed by atoms with E-state index >= 15 is 0 Å². The molecule has 1 aliphatic heterocycles. The predicted octanol–water partition coefficient (Wildman–Crippen LogP) is 2.04. The number of unbranched alkanes of at least 4 members (excludes halogenated alkanes) is 1. The second-order valence-corrected chi connectivity index (χ2v) is 10.1. The molecule has 0 unspecified atom stereocenters. The van der Waals surface area contributed by atoms with Gasteiger partial charge in [-0.1, -0.05) is 30.3 Å². The van der Waals surface area contributed by atoms with Gasteiger partial charge < -0.3 is 36.1 Å². The molecular formula is C26H41N5O6. The molecule has 4 amide bonds. The van der Waals surface area contributed by atoms with Crippen LogP contribution in [0.25, 0.3) is 0 Å². The molecule has 2 atom stereocenters. The highest BCUT2D eigenvalue weighted by Gasteiger charge is 2.33. The van der Waals surface area contributed by atoms with E-state index in [9.17, 15) is 19.2 Å². The van der Waals surface area contributed by atoms with E-state index in [2.05, 4.69) is 16.0 Å². The molecule has 0 bridgehead atoms. The zero-order chi connectivity index (χ0) is 27.3. The Kier molecular flexibility index (Phi) is 12.1. The van der Waals surface area contributed by atoms with Crippen LogP contribution in [0.2, 0.25) is 0 Å². The average molecular weight is 520 g/mol. The molecule has 0 aliphatic carbocycles. The highest BCUT2D eigenvalue weighted by Crippen LogP contribution is 2.20. The molecule has 1 aliphatic rings. The molecule has 0 radical (unpaired) electrons. The van der Waals surface area contributed by atoms with Crippen LogP contribution in [0.3, 0.4) is 0 Å². The number of primary amides is 1. The van der Waals surface area contributed by atoms with Crippen molar-refractivity contribution in [2.45, 2.75) is 77.2 Å². The number of nitrogens with two attached hydrogens (primary N) is 1. The van der Waals surface area contributed by atoms with Crippen LogP contribution in [0.4, 0.5) is 9.59 Å². The summed E-state index contributed by atoms with van der Waals surface area (Å²) in [5.74, 6) is -0.965. The fraction of sp³-hybridized carbons (Fsp3) is 0.615. The summed E-state index contributed by atoms with van der Waals surface area (Å²) >= 11 is 0. The third-order valence-electron chi connectivity index (χ3n) is 5.76. The van der Waals surface area contributed by atoms with Crippen LogP contribution < -0.4 is 21.7 Å². The Morgan fingerprint density at radius 1 is 1.11 bits per heavy atom. The normalized spacial score (nSPS) is 16.1. The van der Waals surface area contributed by atoms with Gasteiger partial charge in [0.15, 0.2) is 0 Å². The third kappa shape index (κ3) is 12.0. The van der Waals surface area contributed by atoms with E-state index in [0.717, 1.165) is 18.4 Å². The lowest BCUT2D eigenvalue weighted by Crippen LogP contribution is -2.51. The molecule has 206 valence electrons. The van der Waals surface area contributed by atoms with Crippen molar-refractivity contribution in [2.75, 3.05) is 26.2 Å². The van der Waals surface area contributed by atoms with Gasteiger partial charge in [-0.3, -0.25) is 9.59 Å². The molecule has 2 rings (SSSR count). The largest absolute Gasteiger partial charge is 0.445 e. The summed E-state index contributed by atoms with van der Waals surface area (Å²) in [6.45, 7) is 6.84. The molecule has 37 heavy (non-hydrogen) atoms. The van der Waals surface area contributed by atoms with Crippen molar-refractivity contribution in [3.63, 3.8) is 0 Å². The number of carbonyl (C=O) groups excluding carboxylic acids is 4. The maximum absolute atomic E-state index is 12.7. The van der Waals surface area contributed by atoms with E-state index in [4.69, 9.17) is 15.2 Å². The molecular weight excluding hydrogens is 478 g/mol. The summed E-state index contributed by atoms with van der Waals surface area (Å²) in [5, 5.41) is 8.50. The van der Waals surface area contributed by atoms with Crippen molar-refractivity contribution in [1.29, 1.82) is 0 Å². The number of carbonyl (C=O) groups is 4. The van der Waals surface area contributed by atoms with E-state index in [-0.39, 0.29) is 31.2 Å². The van der Waals surface area contributed by atoms with Crippen LogP contribution >= 0.6 is 0 Å². The van der Waals surface area contributed by atoms with Gasteiger partial charge >= 0.3 is 12.2 Å². The van der Waals surface area contributed by atoms with Crippen LogP contribution in [-0.2, 0) is 25.7 Å². The Morgan fingerprint density at radius 3 is 2.51 bits per heavy atom. The number of nitrogens with one attached hydrogen (secondary N) is 3. The number of rotatable bonds is 13. The van der Waals surface area contributed by atoms with Gasteiger partial charge in [-0.05, 0) is 58.4 Å². The number of ether oxygens (including phenoxy) is 2. The van der Waals surface area contributed by atoms with Crippen LogP contribution in [0, 0.1) is 0 Å². The molecule has 1 aromatic rings. The summed E-state index contributed by atoms with van der Waals surface area (Å²) in [4.78, 5) is 49.9. The summed E-state index contributed by atoms with van der Waals surface area (Å²) in [6.07, 6.45) is 2.55. The van der Waals surface area contributed by atoms with Crippen molar-refractivity contribution < 1.29 is 28.7 Å². The predicted molar refractivity (Wildman–Crippen MR) is 138 cm³/mol. The number of nitrogens with zero attached hydrogens (tertiary/aromatic N) is 1. The van der Waals surface area contributed by atoms with Gasteiger partial charge in [-0.15, -0.1) is 0 Å². The summed E-state index contributed by atoms with van der Waals surface area (Å²) in [6, 6.07) is 8.73. The molecule has 1 aromatic carbocycles. The van der Waals surface area contributed by atoms with Gasteiger partial charge in [0, 0.05) is 25.7 Å². The fourth-order valence-corrected chi connectivity index (χ4v) is 3.95. The van der Waals surface area contributed by atoms with Crippen LogP contribution in [0.15, 0.2) is 30.3 Å². The van der Waals surface area contributed by atoms with Crippen molar-refractivity contribution in [2.24, 2.45) is 5.73 Å². The second kappa shape index (κ2) is 15.0. The Bertz CT molecular complexity index is 889. The highest BCUT2D eigenvalue weighted by atomic mass is 16.6. The van der Waals surface area contributed by atoms with E-state index in [1.54, 1.807) is 4.90 Å². The van der Waals surface area contributed by atoms with Crippen molar-refractivity contribution >= 4 is 24.0 Å². The minimum absolute atomic E-state index is 0.0951. The number of hydrogen-bond acceptors (Lipinski definition) is 7. The number of hydrogen-bond donors (Lipinski definition) is 4. The lowest BCUT2D eigenvalue weighted by atomic mass is 10.1. The van der Waals surface area contributed by atoms with Crippen LogP contribution in [0.5, 0.6) is 0 Å². The SMILES string of the molecule is CC(C)(C)OC(=O)N1CCC[C@H]1CN[C@@H](CCCCNC(=O)OCc1ccccc1)C(=O)NCC(N)=O. The lowest BCUT2D eigenvalue weighted by Gasteiger charge is -2.29. The molecule has 0 aromatic heterocycles. The molecule has 1 heterocycles. The Hall–Kier alpha value is -3.34. The monoisotopic (exact) mass is 519 g/mol. The summed E-state index contributed by atoms with van der Waals surface area (Å²) in [7, 11) is 0. The quantitative estimate of drug-likeness (QED) is 0.291. The molecule has 1 fully saturated rings. The Labute approximate surface area is 218 Å². The third-order valence-corrected chi connectivity index (χ3v) is 5.76. The van der Waals surface area contributed by atoms with Crippen LogP contribution in [-0.4, -0.2) is 72.8 Å². The number of benzene rings is 1. The van der Waals surface area contributed by atoms with Gasteiger partial charge in [0.1, 0.15) is 12.2 Å². The van der Waals surface area contributed by atoms with Crippen molar-refractivity contribution in [3.05, 3.63) is 35.9 Å². The number of amides is 4. The fourth-order valence-electron chi connectivity index (χ4n) is 3.95. The smallest absolute Gasteiger partial charge is 0.410 e. The van der Waals surface area contributed by atoms with E-state index in [1.165, 1.54) is 0 Å². The number of alkyl carbamates (subject to hydrolysis) is 1. The molecule has 0 spiro atoms. The van der Waals surface area contributed by atoms with Gasteiger partial charge in [-0.25, -0.2) is 9.59 Å². The maximum Gasteiger partial charge on any atom is 0.410 e. The van der Waals surface area contributed by atoms with Gasteiger partial charge in [0.05, 0.1) is 12.6 Å². The highest BCUT2D eigenvalue weighted by molar-refractivity contribution is 5.86. The standard InChI is InChI=1S/C26H41N5O6/c1-26(2,3)37-25(35)31-15-9-12-20(31)16-29-21(23(33)30-17-22(27)32)13-7-8-14-28-24(34)36-18-19-10-5-4-6-11-19/h4-6,10-11,20-21,29H,7-9,12-18H2,1-3H3,(H2,27,32)(H,28,34)(H,30,33)/t20-,21-/m0/s1. The van der Waals surface area contributed by atoms with Crippen LogP contribution in [0.1, 0.15) is 58.4 Å². The lowest BCUT2D eigenvalue weighted by molar-refractivity contribution is -0.126. The average Bonchev–Trinajstić information content (AvgIpc) is 3.31. The molecule has 5 N–H and O–H groups in total. The molecule has 0 saturated carbocycles. The Balaban J connectivity index is 1.78. The molecule has 11 nitrogen and oxygen atoms in total. The van der Waals surface area contributed by atoms with Crippen molar-refractivity contribution in [1.82, 2.24) is 20.9 Å². The first-order valence-corrected chi connectivity index (χ1v) is 12.8. The summed E-state index contributed by atoms with van der Waals surface area (Å²) in [5.41, 5.74) is 5.48. The topological polar surface area (TPSA) is 152 Å². The summed E-state index contributed by atoms with van der Waals surface area (Å²) < 4.78 is 10.7. The number of likely N-dealkylation sites (tertiary alicyclic amines) is 1. The minimum atomic E-state index is -0.628. The van der Waals surface area contributed by atoms with E-state index < -0.39 is 23.6 Å². The first-order valence-electron chi connectivity index (χ1n) is 12.8. The van der Waals surface area contributed by atoms with Gasteiger partial charge in [0.25, 0.3) is 0 Å².